The van der Waals surface area contributed by atoms with E-state index in [2.05, 4.69) is 6.58 Å². The lowest BCUT2D eigenvalue weighted by Crippen LogP contribution is -2.02. The molecular formula is C12H14OS. The van der Waals surface area contributed by atoms with E-state index in [4.69, 9.17) is 17.0 Å². The predicted octanol–water partition coefficient (Wildman–Crippen LogP) is 3.13. The van der Waals surface area contributed by atoms with Crippen molar-refractivity contribution in [3.8, 4) is 0 Å². The third-order valence-electron chi connectivity index (χ3n) is 1.85. The van der Waals surface area contributed by atoms with E-state index < -0.39 is 0 Å². The standard InChI is InChI=1S/C12H14OS/c1-3-5-10-6-8-11(9-7-10)12(14)13-4-2/h3,6-9H,1,4-5H2,2H3. The summed E-state index contributed by atoms with van der Waals surface area (Å²) in [6.45, 7) is 6.24. The van der Waals surface area contributed by atoms with Crippen LogP contribution in [0, 0.1) is 0 Å². The number of rotatable bonds is 4. The van der Waals surface area contributed by atoms with Gasteiger partial charge in [0.15, 0.2) is 5.05 Å². The second-order valence-electron chi connectivity index (χ2n) is 2.91. The van der Waals surface area contributed by atoms with Gasteiger partial charge in [-0.15, -0.1) is 6.58 Å². The van der Waals surface area contributed by atoms with Crippen LogP contribution in [0.2, 0.25) is 0 Å². The maximum atomic E-state index is 5.24. The molecule has 14 heavy (non-hydrogen) atoms. The quantitative estimate of drug-likeness (QED) is 0.553. The van der Waals surface area contributed by atoms with Crippen LogP contribution in [0.15, 0.2) is 36.9 Å². The number of thiocarbonyl (C=S) groups is 1. The van der Waals surface area contributed by atoms with Gasteiger partial charge >= 0.3 is 0 Å². The minimum atomic E-state index is 0.567. The third kappa shape index (κ3) is 2.96. The number of ether oxygens (including phenoxy) is 1. The highest BCUT2D eigenvalue weighted by Gasteiger charge is 2.00. The summed E-state index contributed by atoms with van der Waals surface area (Å²) >= 11 is 5.09. The molecule has 0 spiro atoms. The first-order valence-corrected chi connectivity index (χ1v) is 5.05. The van der Waals surface area contributed by atoms with Crippen molar-refractivity contribution in [3.05, 3.63) is 48.0 Å². The topological polar surface area (TPSA) is 9.23 Å². The summed E-state index contributed by atoms with van der Waals surface area (Å²) in [5.74, 6) is 0. The van der Waals surface area contributed by atoms with Gasteiger partial charge in [-0.25, -0.2) is 0 Å². The normalized spacial score (nSPS) is 9.50. The number of benzene rings is 1. The minimum absolute atomic E-state index is 0.567. The molecule has 1 nitrogen and oxygen atoms in total. The Kier molecular flexibility index (Phi) is 4.33. The van der Waals surface area contributed by atoms with Crippen molar-refractivity contribution in [1.29, 1.82) is 0 Å². The second kappa shape index (κ2) is 5.55. The van der Waals surface area contributed by atoms with Crippen LogP contribution in [-0.4, -0.2) is 11.7 Å². The molecule has 0 aliphatic rings. The monoisotopic (exact) mass is 206 g/mol. The first-order chi connectivity index (χ1) is 6.77. The SMILES string of the molecule is C=CCc1ccc(C(=S)OCC)cc1. The first-order valence-electron chi connectivity index (χ1n) is 4.65. The Morgan fingerprint density at radius 1 is 1.43 bits per heavy atom. The van der Waals surface area contributed by atoms with Gasteiger partial charge in [-0.2, -0.15) is 0 Å². The summed E-state index contributed by atoms with van der Waals surface area (Å²) in [5, 5.41) is 0.567. The molecule has 1 aromatic rings. The Morgan fingerprint density at radius 2 is 2.07 bits per heavy atom. The molecular weight excluding hydrogens is 192 g/mol. The van der Waals surface area contributed by atoms with E-state index in [9.17, 15) is 0 Å². The van der Waals surface area contributed by atoms with Gasteiger partial charge in [0.2, 0.25) is 0 Å². The lowest BCUT2D eigenvalue weighted by molar-refractivity contribution is 0.337. The van der Waals surface area contributed by atoms with Crippen molar-refractivity contribution in [2.75, 3.05) is 6.61 Å². The zero-order valence-electron chi connectivity index (χ0n) is 8.32. The Morgan fingerprint density at radius 3 is 2.57 bits per heavy atom. The lowest BCUT2D eigenvalue weighted by atomic mass is 10.1. The molecule has 0 aliphatic heterocycles. The molecule has 0 amide bonds. The second-order valence-corrected chi connectivity index (χ2v) is 3.28. The maximum Gasteiger partial charge on any atom is 0.191 e. The Bertz CT molecular complexity index is 314. The van der Waals surface area contributed by atoms with E-state index in [-0.39, 0.29) is 0 Å². The third-order valence-corrected chi connectivity index (χ3v) is 2.20. The molecule has 2 heteroatoms. The van der Waals surface area contributed by atoms with Crippen molar-refractivity contribution in [2.24, 2.45) is 0 Å². The van der Waals surface area contributed by atoms with E-state index in [1.807, 2.05) is 37.3 Å². The largest absolute Gasteiger partial charge is 0.483 e. The van der Waals surface area contributed by atoms with Crippen molar-refractivity contribution in [3.63, 3.8) is 0 Å². The van der Waals surface area contributed by atoms with Crippen LogP contribution < -0.4 is 0 Å². The molecule has 1 rings (SSSR count). The molecule has 0 radical (unpaired) electrons. The molecule has 0 saturated heterocycles. The molecule has 74 valence electrons. The van der Waals surface area contributed by atoms with Crippen LogP contribution in [0.1, 0.15) is 18.1 Å². The lowest BCUT2D eigenvalue weighted by Gasteiger charge is -2.05. The van der Waals surface area contributed by atoms with Crippen LogP contribution in [-0.2, 0) is 11.2 Å². The summed E-state index contributed by atoms with van der Waals surface area (Å²) in [5.41, 5.74) is 2.21. The fourth-order valence-electron chi connectivity index (χ4n) is 1.16. The van der Waals surface area contributed by atoms with Crippen molar-refractivity contribution in [1.82, 2.24) is 0 Å². The number of allylic oxidation sites excluding steroid dienone is 1. The average Bonchev–Trinajstić information content (AvgIpc) is 2.20. The van der Waals surface area contributed by atoms with Gasteiger partial charge in [-0.05, 0) is 31.1 Å². The Balaban J connectivity index is 2.72. The molecule has 0 atom stereocenters. The highest BCUT2D eigenvalue weighted by molar-refractivity contribution is 7.80. The molecule has 0 fully saturated rings. The molecule has 0 heterocycles. The number of hydrogen-bond acceptors (Lipinski definition) is 2. The zero-order valence-corrected chi connectivity index (χ0v) is 9.14. The maximum absolute atomic E-state index is 5.24. The van der Waals surface area contributed by atoms with E-state index >= 15 is 0 Å². The van der Waals surface area contributed by atoms with E-state index in [1.54, 1.807) is 0 Å². The van der Waals surface area contributed by atoms with Gasteiger partial charge in [0.05, 0.1) is 6.61 Å². The zero-order chi connectivity index (χ0) is 10.4. The molecule has 0 N–H and O–H groups in total. The summed E-state index contributed by atoms with van der Waals surface area (Å²) in [7, 11) is 0. The Hall–Kier alpha value is -1.15. The van der Waals surface area contributed by atoms with Gasteiger partial charge in [0.25, 0.3) is 0 Å². The predicted molar refractivity (Wildman–Crippen MR) is 63.7 cm³/mol. The van der Waals surface area contributed by atoms with Crippen molar-refractivity contribution >= 4 is 17.3 Å². The van der Waals surface area contributed by atoms with Gasteiger partial charge in [-0.3, -0.25) is 0 Å². The van der Waals surface area contributed by atoms with Crippen LogP contribution in [0.25, 0.3) is 0 Å². The molecule has 0 aromatic heterocycles. The summed E-state index contributed by atoms with van der Waals surface area (Å²) < 4.78 is 5.24. The van der Waals surface area contributed by atoms with Crippen molar-refractivity contribution < 1.29 is 4.74 Å². The van der Waals surface area contributed by atoms with Gasteiger partial charge < -0.3 is 4.74 Å². The fourth-order valence-corrected chi connectivity index (χ4v) is 1.41. The smallest absolute Gasteiger partial charge is 0.191 e. The van der Waals surface area contributed by atoms with Crippen LogP contribution in [0.5, 0.6) is 0 Å². The fraction of sp³-hybridized carbons (Fsp3) is 0.250. The highest BCUT2D eigenvalue weighted by Crippen LogP contribution is 2.07. The van der Waals surface area contributed by atoms with E-state index in [0.717, 1.165) is 12.0 Å². The molecule has 0 aliphatic carbocycles. The molecule has 1 aromatic carbocycles. The van der Waals surface area contributed by atoms with Gasteiger partial charge in [0, 0.05) is 5.56 Å². The summed E-state index contributed by atoms with van der Waals surface area (Å²) in [6, 6.07) is 8.05. The van der Waals surface area contributed by atoms with E-state index in [1.165, 1.54) is 5.56 Å². The Labute approximate surface area is 90.4 Å². The van der Waals surface area contributed by atoms with Crippen LogP contribution >= 0.6 is 12.2 Å². The number of hydrogen-bond donors (Lipinski definition) is 0. The summed E-state index contributed by atoms with van der Waals surface area (Å²) in [6.07, 6.45) is 2.78. The first kappa shape index (κ1) is 10.9. The minimum Gasteiger partial charge on any atom is -0.483 e. The van der Waals surface area contributed by atoms with Crippen LogP contribution in [0.3, 0.4) is 0 Å². The van der Waals surface area contributed by atoms with Gasteiger partial charge in [-0.1, -0.05) is 30.3 Å². The summed E-state index contributed by atoms with van der Waals surface area (Å²) in [4.78, 5) is 0. The van der Waals surface area contributed by atoms with Gasteiger partial charge in [0.1, 0.15) is 0 Å². The molecule has 0 bridgehead atoms. The molecule has 0 unspecified atom stereocenters. The average molecular weight is 206 g/mol. The van der Waals surface area contributed by atoms with Crippen LogP contribution in [0.4, 0.5) is 0 Å². The van der Waals surface area contributed by atoms with E-state index in [0.29, 0.717) is 11.7 Å². The molecule has 0 saturated carbocycles. The highest BCUT2D eigenvalue weighted by atomic mass is 32.1. The van der Waals surface area contributed by atoms with Crippen molar-refractivity contribution in [2.45, 2.75) is 13.3 Å².